The molecule has 6 heteroatoms. The van der Waals surface area contributed by atoms with Crippen molar-refractivity contribution in [2.24, 2.45) is 0 Å². The third kappa shape index (κ3) is 3.18. The highest BCUT2D eigenvalue weighted by Crippen LogP contribution is 2.29. The highest BCUT2D eigenvalue weighted by Gasteiger charge is 2.36. The summed E-state index contributed by atoms with van der Waals surface area (Å²) in [5, 5.41) is 3.54. The van der Waals surface area contributed by atoms with Gasteiger partial charge in [-0.1, -0.05) is 17.7 Å². The Morgan fingerprint density at radius 1 is 1.05 bits per heavy atom. The van der Waals surface area contributed by atoms with E-state index in [1.807, 2.05) is 32.9 Å². The van der Waals surface area contributed by atoms with Gasteiger partial charge < -0.3 is 5.32 Å². The molecule has 2 heterocycles. The summed E-state index contributed by atoms with van der Waals surface area (Å²) in [7, 11) is -3.39. The van der Waals surface area contributed by atoms with Gasteiger partial charge in [0.05, 0.1) is 4.90 Å². The normalized spacial score (nSPS) is 25.6. The Bertz CT molecular complexity index is 637. The topological polar surface area (TPSA) is 49.4 Å². The predicted molar refractivity (Wildman–Crippen MR) is 91.2 cm³/mol. The van der Waals surface area contributed by atoms with Gasteiger partial charge in [-0.05, 0) is 51.2 Å². The van der Waals surface area contributed by atoms with Crippen LogP contribution in [0.1, 0.15) is 36.0 Å². The molecule has 2 bridgehead atoms. The molecule has 3 rings (SSSR count). The summed E-state index contributed by atoms with van der Waals surface area (Å²) in [5.41, 5.74) is 2.82. The molecule has 0 aliphatic carbocycles. The quantitative estimate of drug-likeness (QED) is 0.897. The number of hydrogen-bond donors (Lipinski definition) is 1. The lowest BCUT2D eigenvalue weighted by atomic mass is 10.1. The first-order valence-corrected chi connectivity index (χ1v) is 9.16. The Morgan fingerprint density at radius 3 is 2.27 bits per heavy atom. The number of nitrogens with one attached hydrogen (secondary N) is 1. The zero-order valence-corrected chi connectivity index (χ0v) is 15.1. The molecule has 2 atom stereocenters. The molecule has 1 N–H and O–H groups in total. The first-order chi connectivity index (χ1) is 9.88. The largest absolute Gasteiger partial charge is 0.310 e. The fraction of sp³-hybridized carbons (Fsp3) is 0.625. The molecule has 0 radical (unpaired) electrons. The lowest BCUT2D eigenvalue weighted by molar-refractivity contribution is 0.383. The number of fused-ring (bicyclic) bond motifs is 2. The molecule has 1 aromatic carbocycles. The Morgan fingerprint density at radius 2 is 1.64 bits per heavy atom. The minimum atomic E-state index is -3.39. The van der Waals surface area contributed by atoms with Crippen molar-refractivity contribution < 1.29 is 8.42 Å². The fourth-order valence-electron chi connectivity index (χ4n) is 3.83. The van der Waals surface area contributed by atoms with Crippen molar-refractivity contribution in [2.45, 2.75) is 57.0 Å². The van der Waals surface area contributed by atoms with Crippen molar-refractivity contribution in [3.63, 3.8) is 0 Å². The van der Waals surface area contributed by atoms with E-state index in [2.05, 4.69) is 5.32 Å². The van der Waals surface area contributed by atoms with Crippen LogP contribution in [0.15, 0.2) is 17.0 Å². The number of aryl methyl sites for hydroxylation is 3. The second-order valence-corrected chi connectivity index (χ2v) is 8.39. The maximum absolute atomic E-state index is 13.1. The van der Waals surface area contributed by atoms with Gasteiger partial charge in [0.1, 0.15) is 0 Å². The second-order valence-electron chi connectivity index (χ2n) is 6.52. The van der Waals surface area contributed by atoms with E-state index in [0.29, 0.717) is 30.1 Å². The predicted octanol–water partition coefficient (Wildman–Crippen LogP) is 2.55. The van der Waals surface area contributed by atoms with Crippen molar-refractivity contribution in [3.05, 3.63) is 28.8 Å². The van der Waals surface area contributed by atoms with E-state index in [-0.39, 0.29) is 12.4 Å². The molecule has 0 aromatic heterocycles. The standard InChI is InChI=1S/C16H24N2O2S.ClH/c1-11-8-12(2)16(13(3)9-11)21(19,20)18-7-6-14-4-5-15(10-18)17-14;/h8-9,14-15,17H,4-7,10H2,1-3H3;1H. The molecule has 0 spiro atoms. The molecular weight excluding hydrogens is 320 g/mol. The smallest absolute Gasteiger partial charge is 0.243 e. The lowest BCUT2D eigenvalue weighted by Gasteiger charge is -2.25. The van der Waals surface area contributed by atoms with Crippen molar-refractivity contribution >= 4 is 22.4 Å². The summed E-state index contributed by atoms with van der Waals surface area (Å²) in [6.45, 7) is 7.03. The summed E-state index contributed by atoms with van der Waals surface area (Å²) in [6.07, 6.45) is 3.18. The Kier molecular flexibility index (Phi) is 5.22. The van der Waals surface area contributed by atoms with Crippen molar-refractivity contribution in [3.8, 4) is 0 Å². The third-order valence-corrected chi connectivity index (χ3v) is 6.86. The third-order valence-electron chi connectivity index (χ3n) is 4.69. The number of hydrogen-bond acceptors (Lipinski definition) is 3. The summed E-state index contributed by atoms with van der Waals surface area (Å²) in [6, 6.07) is 4.73. The fourth-order valence-corrected chi connectivity index (χ4v) is 5.74. The maximum atomic E-state index is 13.1. The van der Waals surface area contributed by atoms with Crippen LogP contribution < -0.4 is 5.32 Å². The summed E-state index contributed by atoms with van der Waals surface area (Å²) < 4.78 is 27.8. The van der Waals surface area contributed by atoms with Gasteiger partial charge in [-0.2, -0.15) is 4.31 Å². The van der Waals surface area contributed by atoms with E-state index in [0.717, 1.165) is 29.5 Å². The van der Waals surface area contributed by atoms with Crippen LogP contribution in [-0.2, 0) is 10.0 Å². The first-order valence-electron chi connectivity index (χ1n) is 7.72. The molecule has 0 amide bonds. The van der Waals surface area contributed by atoms with E-state index in [9.17, 15) is 8.42 Å². The summed E-state index contributed by atoms with van der Waals surface area (Å²) in [4.78, 5) is 0.505. The van der Waals surface area contributed by atoms with Crippen molar-refractivity contribution in [2.75, 3.05) is 13.1 Å². The van der Waals surface area contributed by atoms with E-state index in [1.54, 1.807) is 4.31 Å². The summed E-state index contributed by atoms with van der Waals surface area (Å²) in [5.74, 6) is 0. The average molecular weight is 345 g/mol. The first kappa shape index (κ1) is 17.7. The highest BCUT2D eigenvalue weighted by atomic mass is 35.5. The molecule has 2 aliphatic heterocycles. The Balaban J connectivity index is 0.00000176. The molecule has 2 aliphatic rings. The van der Waals surface area contributed by atoms with E-state index in [1.165, 1.54) is 6.42 Å². The van der Waals surface area contributed by atoms with Crippen LogP contribution in [0.3, 0.4) is 0 Å². The second kappa shape index (κ2) is 6.48. The van der Waals surface area contributed by atoms with E-state index >= 15 is 0 Å². The molecule has 0 saturated carbocycles. The number of benzene rings is 1. The van der Waals surface area contributed by atoms with Gasteiger partial charge in [0.25, 0.3) is 0 Å². The minimum Gasteiger partial charge on any atom is -0.310 e. The van der Waals surface area contributed by atoms with Gasteiger partial charge in [0, 0.05) is 25.2 Å². The van der Waals surface area contributed by atoms with Crippen LogP contribution >= 0.6 is 12.4 Å². The molecule has 124 valence electrons. The maximum Gasteiger partial charge on any atom is 0.243 e. The zero-order chi connectivity index (χ0) is 15.2. The summed E-state index contributed by atoms with van der Waals surface area (Å²) >= 11 is 0. The molecule has 2 unspecified atom stereocenters. The minimum absolute atomic E-state index is 0. The van der Waals surface area contributed by atoms with Crippen LogP contribution in [-0.4, -0.2) is 37.9 Å². The van der Waals surface area contributed by atoms with Crippen LogP contribution in [0, 0.1) is 20.8 Å². The van der Waals surface area contributed by atoms with Crippen molar-refractivity contribution in [1.82, 2.24) is 9.62 Å². The van der Waals surface area contributed by atoms with E-state index < -0.39 is 10.0 Å². The van der Waals surface area contributed by atoms with Crippen LogP contribution in [0.5, 0.6) is 0 Å². The number of halogens is 1. The highest BCUT2D eigenvalue weighted by molar-refractivity contribution is 7.89. The van der Waals surface area contributed by atoms with Gasteiger partial charge in [0.15, 0.2) is 0 Å². The Labute approximate surface area is 139 Å². The number of rotatable bonds is 2. The van der Waals surface area contributed by atoms with Gasteiger partial charge in [-0.25, -0.2) is 8.42 Å². The zero-order valence-electron chi connectivity index (χ0n) is 13.4. The van der Waals surface area contributed by atoms with Crippen LogP contribution in [0.2, 0.25) is 0 Å². The van der Waals surface area contributed by atoms with Crippen LogP contribution in [0.25, 0.3) is 0 Å². The van der Waals surface area contributed by atoms with E-state index in [4.69, 9.17) is 0 Å². The molecule has 2 fully saturated rings. The van der Waals surface area contributed by atoms with Gasteiger partial charge in [0.2, 0.25) is 10.0 Å². The molecule has 2 saturated heterocycles. The SMILES string of the molecule is Cc1cc(C)c(S(=O)(=O)N2CCC3CCC(C2)N3)c(C)c1.Cl. The number of sulfonamides is 1. The molecular formula is C16H25ClN2O2S. The Hall–Kier alpha value is -0.620. The molecule has 22 heavy (non-hydrogen) atoms. The average Bonchev–Trinajstić information content (AvgIpc) is 2.66. The van der Waals surface area contributed by atoms with Gasteiger partial charge in [-0.3, -0.25) is 0 Å². The lowest BCUT2D eigenvalue weighted by Crippen LogP contribution is -2.39. The molecule has 4 nitrogen and oxygen atoms in total. The van der Waals surface area contributed by atoms with Gasteiger partial charge in [-0.15, -0.1) is 12.4 Å². The molecule has 1 aromatic rings. The van der Waals surface area contributed by atoms with Crippen molar-refractivity contribution in [1.29, 1.82) is 0 Å². The number of nitrogens with zero attached hydrogens (tertiary/aromatic N) is 1. The van der Waals surface area contributed by atoms with Gasteiger partial charge >= 0.3 is 0 Å². The van der Waals surface area contributed by atoms with Crippen LogP contribution in [0.4, 0.5) is 0 Å². The monoisotopic (exact) mass is 344 g/mol.